The molecule has 0 unspecified atom stereocenters. The number of carbonyl (C=O) groups excluding carboxylic acids is 1. The van der Waals surface area contributed by atoms with E-state index in [-0.39, 0.29) is 24.3 Å². The van der Waals surface area contributed by atoms with Gasteiger partial charge in [0.15, 0.2) is 17.4 Å². The molecular weight excluding hydrogens is 492 g/mol. The van der Waals surface area contributed by atoms with Crippen molar-refractivity contribution in [3.8, 4) is 10.4 Å². The highest BCUT2D eigenvalue weighted by Crippen LogP contribution is 2.34. The number of aromatic nitrogens is 3. The summed E-state index contributed by atoms with van der Waals surface area (Å²) in [5, 5.41) is 1.48. The number of ketones is 1. The second-order valence-corrected chi connectivity index (χ2v) is 9.65. The normalized spacial score (nSPS) is 11.3. The Morgan fingerprint density at radius 2 is 1.97 bits per heavy atom. The Labute approximate surface area is 207 Å². The molecule has 1 N–H and O–H groups in total. The molecule has 5 nitrogen and oxygen atoms in total. The minimum absolute atomic E-state index is 0.0366. The molecule has 0 aliphatic heterocycles. The van der Waals surface area contributed by atoms with Crippen LogP contribution in [0.15, 0.2) is 71.9 Å². The molecule has 0 saturated carbocycles. The third-order valence-corrected chi connectivity index (χ3v) is 7.07. The van der Waals surface area contributed by atoms with Crippen LogP contribution in [0.25, 0.3) is 21.5 Å². The SMILES string of the molecule is O=C(CCc1ccc(-c2c[nH]c3ncc(Cl)cc23)s1)c1cccn(Cc2ccc(F)c(F)c2)c1=O. The zero-order chi connectivity index (χ0) is 24.5. The van der Waals surface area contributed by atoms with Crippen LogP contribution < -0.4 is 5.56 Å². The minimum atomic E-state index is -0.981. The van der Waals surface area contributed by atoms with E-state index < -0.39 is 17.2 Å². The topological polar surface area (TPSA) is 67.8 Å². The molecule has 4 aromatic heterocycles. The van der Waals surface area contributed by atoms with Crippen molar-refractivity contribution in [1.29, 1.82) is 0 Å². The number of halogens is 3. The van der Waals surface area contributed by atoms with Crippen LogP contribution in [-0.4, -0.2) is 20.3 Å². The van der Waals surface area contributed by atoms with Gasteiger partial charge in [-0.1, -0.05) is 17.7 Å². The molecule has 0 fully saturated rings. The number of pyridine rings is 2. The zero-order valence-electron chi connectivity index (χ0n) is 18.2. The van der Waals surface area contributed by atoms with Crippen LogP contribution in [-0.2, 0) is 13.0 Å². The third kappa shape index (κ3) is 4.80. The Morgan fingerprint density at radius 1 is 1.11 bits per heavy atom. The van der Waals surface area contributed by atoms with Gasteiger partial charge in [0.05, 0.1) is 17.1 Å². The number of hydrogen-bond acceptors (Lipinski definition) is 4. The molecule has 0 saturated heterocycles. The average Bonchev–Trinajstić information content (AvgIpc) is 3.47. The predicted molar refractivity (Wildman–Crippen MR) is 133 cm³/mol. The molecular formula is C26H18ClF2N3O2S. The lowest BCUT2D eigenvalue weighted by atomic mass is 10.1. The van der Waals surface area contributed by atoms with E-state index in [0.29, 0.717) is 17.0 Å². The van der Waals surface area contributed by atoms with Crippen LogP contribution in [0.4, 0.5) is 8.78 Å². The van der Waals surface area contributed by atoms with Gasteiger partial charge in [0.25, 0.3) is 5.56 Å². The molecule has 0 radical (unpaired) electrons. The summed E-state index contributed by atoms with van der Waals surface area (Å²) in [6.45, 7) is 0.0366. The van der Waals surface area contributed by atoms with Gasteiger partial charge in [-0.15, -0.1) is 11.3 Å². The molecule has 0 amide bonds. The number of carbonyl (C=O) groups is 1. The summed E-state index contributed by atoms with van der Waals surface area (Å²) in [6, 6.07) is 12.4. The summed E-state index contributed by atoms with van der Waals surface area (Å²) >= 11 is 7.66. The molecule has 35 heavy (non-hydrogen) atoms. The Bertz CT molecular complexity index is 1620. The first-order valence-electron chi connectivity index (χ1n) is 10.8. The lowest BCUT2D eigenvalue weighted by Crippen LogP contribution is -2.26. The monoisotopic (exact) mass is 509 g/mol. The van der Waals surface area contributed by atoms with Crippen LogP contribution in [0, 0.1) is 11.6 Å². The maximum atomic E-state index is 13.5. The van der Waals surface area contributed by atoms with Crippen molar-refractivity contribution in [3.05, 3.63) is 110 Å². The molecule has 4 heterocycles. The van der Waals surface area contributed by atoms with E-state index in [1.54, 1.807) is 23.6 Å². The van der Waals surface area contributed by atoms with Gasteiger partial charge >= 0.3 is 0 Å². The first-order valence-corrected chi connectivity index (χ1v) is 12.0. The summed E-state index contributed by atoms with van der Waals surface area (Å²) in [6.07, 6.45) is 5.65. The van der Waals surface area contributed by atoms with Crippen molar-refractivity contribution in [2.45, 2.75) is 19.4 Å². The molecule has 0 aliphatic rings. The summed E-state index contributed by atoms with van der Waals surface area (Å²) in [4.78, 5) is 35.1. The lowest BCUT2D eigenvalue weighted by molar-refractivity contribution is 0.0981. The summed E-state index contributed by atoms with van der Waals surface area (Å²) < 4.78 is 28.0. The highest BCUT2D eigenvalue weighted by atomic mass is 35.5. The first kappa shape index (κ1) is 23.1. The second-order valence-electron chi connectivity index (χ2n) is 8.04. The van der Waals surface area contributed by atoms with E-state index in [2.05, 4.69) is 9.97 Å². The number of benzene rings is 1. The van der Waals surface area contributed by atoms with Gasteiger partial charge in [-0.25, -0.2) is 13.8 Å². The highest BCUT2D eigenvalue weighted by Gasteiger charge is 2.15. The van der Waals surface area contributed by atoms with Gasteiger partial charge < -0.3 is 9.55 Å². The van der Waals surface area contributed by atoms with E-state index >= 15 is 0 Å². The predicted octanol–water partition coefficient (Wildman–Crippen LogP) is 6.25. The molecule has 0 bridgehead atoms. The molecule has 0 aliphatic carbocycles. The van der Waals surface area contributed by atoms with Gasteiger partial charge in [-0.3, -0.25) is 9.59 Å². The first-order chi connectivity index (χ1) is 16.9. The van der Waals surface area contributed by atoms with Crippen molar-refractivity contribution >= 4 is 39.8 Å². The van der Waals surface area contributed by atoms with Crippen molar-refractivity contribution in [2.75, 3.05) is 0 Å². The fourth-order valence-electron chi connectivity index (χ4n) is 3.92. The van der Waals surface area contributed by atoms with E-state index in [4.69, 9.17) is 11.6 Å². The molecule has 5 aromatic rings. The smallest absolute Gasteiger partial charge is 0.261 e. The number of aromatic amines is 1. The Kier molecular flexibility index (Phi) is 6.32. The average molecular weight is 510 g/mol. The van der Waals surface area contributed by atoms with Gasteiger partial charge in [-0.05, 0) is 54.4 Å². The van der Waals surface area contributed by atoms with Gasteiger partial charge in [0.1, 0.15) is 5.65 Å². The van der Waals surface area contributed by atoms with E-state index in [1.165, 1.54) is 22.9 Å². The number of nitrogens with zero attached hydrogens (tertiary/aromatic N) is 2. The third-order valence-electron chi connectivity index (χ3n) is 5.68. The summed E-state index contributed by atoms with van der Waals surface area (Å²) in [5.74, 6) is -2.20. The van der Waals surface area contributed by atoms with Crippen LogP contribution >= 0.6 is 22.9 Å². The number of Topliss-reactive ketones (excluding diaryl/α,β-unsaturated/α-hetero) is 1. The van der Waals surface area contributed by atoms with Crippen molar-refractivity contribution in [2.24, 2.45) is 0 Å². The summed E-state index contributed by atoms with van der Waals surface area (Å²) in [7, 11) is 0. The van der Waals surface area contributed by atoms with Crippen molar-refractivity contribution in [1.82, 2.24) is 14.5 Å². The van der Waals surface area contributed by atoms with Crippen LogP contribution in [0.2, 0.25) is 5.02 Å². The van der Waals surface area contributed by atoms with Gasteiger partial charge in [0.2, 0.25) is 0 Å². The maximum absolute atomic E-state index is 13.5. The quantitative estimate of drug-likeness (QED) is 0.264. The standard InChI is InChI=1S/C26H18ClF2N3O2S/c27-16-11-19-20(13-31-25(19)30-12-16)24-8-5-17(35-24)4-7-23(33)18-2-1-9-32(26(18)34)14-15-3-6-21(28)22(29)10-15/h1-3,5-6,8-13H,4,7,14H2,(H,30,31). The van der Waals surface area contributed by atoms with Crippen LogP contribution in [0.3, 0.4) is 0 Å². The number of fused-ring (bicyclic) bond motifs is 1. The number of H-pyrrole nitrogens is 1. The van der Waals surface area contributed by atoms with Crippen LogP contribution in [0.1, 0.15) is 27.2 Å². The number of aryl methyl sites for hydroxylation is 1. The second kappa shape index (κ2) is 9.56. The Hall–Kier alpha value is -3.62. The van der Waals surface area contributed by atoms with Crippen molar-refractivity contribution < 1.29 is 13.6 Å². The highest BCUT2D eigenvalue weighted by molar-refractivity contribution is 7.15. The molecule has 0 spiro atoms. The fraction of sp³-hybridized carbons (Fsp3) is 0.115. The number of rotatable bonds is 7. The van der Waals surface area contributed by atoms with Gasteiger partial charge in [0, 0.05) is 45.7 Å². The molecule has 1 aromatic carbocycles. The Balaban J connectivity index is 1.30. The molecule has 9 heteroatoms. The minimum Gasteiger partial charge on any atom is -0.345 e. The van der Waals surface area contributed by atoms with E-state index in [9.17, 15) is 18.4 Å². The van der Waals surface area contributed by atoms with Crippen molar-refractivity contribution in [3.63, 3.8) is 0 Å². The number of thiophene rings is 1. The molecule has 176 valence electrons. The van der Waals surface area contributed by atoms with E-state index in [1.807, 2.05) is 24.4 Å². The Morgan fingerprint density at radius 3 is 2.80 bits per heavy atom. The van der Waals surface area contributed by atoms with Crippen LogP contribution in [0.5, 0.6) is 0 Å². The fourth-order valence-corrected chi connectivity index (χ4v) is 5.11. The number of hydrogen-bond donors (Lipinski definition) is 1. The molecule has 5 rings (SSSR count). The summed E-state index contributed by atoms with van der Waals surface area (Å²) in [5.41, 5.74) is 1.77. The molecule has 0 atom stereocenters. The van der Waals surface area contributed by atoms with E-state index in [0.717, 1.165) is 38.5 Å². The maximum Gasteiger partial charge on any atom is 0.261 e. The largest absolute Gasteiger partial charge is 0.345 e. The van der Waals surface area contributed by atoms with Gasteiger partial charge in [-0.2, -0.15) is 0 Å². The zero-order valence-corrected chi connectivity index (χ0v) is 19.8. The number of nitrogens with one attached hydrogen (secondary N) is 1. The lowest BCUT2D eigenvalue weighted by Gasteiger charge is -2.08.